The van der Waals surface area contributed by atoms with Crippen molar-refractivity contribution in [1.82, 2.24) is 24.7 Å². The van der Waals surface area contributed by atoms with Gasteiger partial charge in [-0.05, 0) is 37.6 Å². The van der Waals surface area contributed by atoms with E-state index in [1.165, 1.54) is 14.2 Å². The van der Waals surface area contributed by atoms with Crippen LogP contribution in [-0.2, 0) is 0 Å². The number of piperazine rings is 1. The van der Waals surface area contributed by atoms with Crippen LogP contribution < -0.4 is 19.1 Å². The quantitative estimate of drug-likeness (QED) is 0.609. The molecule has 0 radical (unpaired) electrons. The van der Waals surface area contributed by atoms with Gasteiger partial charge in [0.1, 0.15) is 5.82 Å². The van der Waals surface area contributed by atoms with Gasteiger partial charge in [0.25, 0.3) is 5.91 Å². The van der Waals surface area contributed by atoms with Gasteiger partial charge in [0.15, 0.2) is 23.0 Å². The number of ether oxygens (including phenoxy) is 3. The SMILES string of the molecule is COc1ccc(C(=O)N2C3CC2CN(c2ccc4nnc(C)n4n2)C3)c(OC)c1OC. The standard InChI is InChI=1S/C21H24N6O4/c1-12-22-23-17-7-8-18(24-27(12)17)25-10-13-9-14(11-25)26(13)21(28)15-5-6-16(29-2)20(31-4)19(15)30-3/h5-8,13-14H,9-11H2,1-4H3. The van der Waals surface area contributed by atoms with Crippen LogP contribution in [0.15, 0.2) is 24.3 Å². The Morgan fingerprint density at radius 2 is 1.71 bits per heavy atom. The molecule has 1 aromatic carbocycles. The first-order valence-electron chi connectivity index (χ1n) is 10.1. The maximum absolute atomic E-state index is 13.4. The molecular formula is C21H24N6O4. The average molecular weight is 424 g/mol. The molecule has 31 heavy (non-hydrogen) atoms. The lowest BCUT2D eigenvalue weighted by atomic mass is 9.86. The molecule has 0 saturated carbocycles. The highest BCUT2D eigenvalue weighted by Crippen LogP contribution is 2.42. The van der Waals surface area contributed by atoms with E-state index in [1.54, 1.807) is 23.8 Å². The minimum absolute atomic E-state index is 0.0585. The van der Waals surface area contributed by atoms with Crippen molar-refractivity contribution in [2.75, 3.05) is 39.3 Å². The van der Waals surface area contributed by atoms with Crippen molar-refractivity contribution in [3.05, 3.63) is 35.7 Å². The van der Waals surface area contributed by atoms with Gasteiger partial charge in [0.2, 0.25) is 5.75 Å². The van der Waals surface area contributed by atoms with Crippen molar-refractivity contribution in [2.45, 2.75) is 25.4 Å². The molecule has 2 aromatic heterocycles. The first kappa shape index (κ1) is 19.4. The molecule has 3 saturated heterocycles. The summed E-state index contributed by atoms with van der Waals surface area (Å²) in [7, 11) is 4.62. The fourth-order valence-corrected chi connectivity index (χ4v) is 4.59. The van der Waals surface area contributed by atoms with E-state index in [-0.39, 0.29) is 18.0 Å². The molecule has 5 heterocycles. The number of hydrogen-bond donors (Lipinski definition) is 0. The second-order valence-electron chi connectivity index (χ2n) is 7.75. The van der Waals surface area contributed by atoms with Gasteiger partial charge in [0, 0.05) is 13.1 Å². The molecule has 2 bridgehead atoms. The van der Waals surface area contributed by atoms with Gasteiger partial charge in [-0.3, -0.25) is 4.79 Å². The molecule has 3 aliphatic heterocycles. The highest BCUT2D eigenvalue weighted by Gasteiger charge is 2.48. The summed E-state index contributed by atoms with van der Waals surface area (Å²) < 4.78 is 18.0. The molecule has 6 rings (SSSR count). The van der Waals surface area contributed by atoms with Crippen molar-refractivity contribution in [2.24, 2.45) is 0 Å². The maximum Gasteiger partial charge on any atom is 0.258 e. The molecule has 3 aromatic rings. The summed E-state index contributed by atoms with van der Waals surface area (Å²) in [6, 6.07) is 7.57. The Hall–Kier alpha value is -3.56. The van der Waals surface area contributed by atoms with Crippen molar-refractivity contribution in [3.8, 4) is 17.2 Å². The van der Waals surface area contributed by atoms with Crippen molar-refractivity contribution in [1.29, 1.82) is 0 Å². The van der Waals surface area contributed by atoms with Crippen LogP contribution in [0.3, 0.4) is 0 Å². The largest absolute Gasteiger partial charge is 0.493 e. The Morgan fingerprint density at radius 1 is 0.968 bits per heavy atom. The van der Waals surface area contributed by atoms with Crippen LogP contribution >= 0.6 is 0 Å². The first-order valence-corrected chi connectivity index (χ1v) is 10.1. The summed E-state index contributed by atoms with van der Waals surface area (Å²) in [6.45, 7) is 3.32. The normalized spacial score (nSPS) is 19.9. The zero-order chi connectivity index (χ0) is 21.7. The number of hydrogen-bond acceptors (Lipinski definition) is 8. The molecule has 2 atom stereocenters. The predicted octanol–water partition coefficient (Wildman–Crippen LogP) is 1.56. The molecule has 0 aliphatic carbocycles. The minimum Gasteiger partial charge on any atom is -0.493 e. The van der Waals surface area contributed by atoms with Crippen LogP contribution in [-0.4, -0.2) is 77.1 Å². The van der Waals surface area contributed by atoms with Crippen molar-refractivity contribution >= 4 is 17.4 Å². The molecule has 0 spiro atoms. The summed E-state index contributed by atoms with van der Waals surface area (Å²) >= 11 is 0. The van der Waals surface area contributed by atoms with Crippen LogP contribution in [0.4, 0.5) is 5.82 Å². The number of anilines is 1. The summed E-state index contributed by atoms with van der Waals surface area (Å²) in [5.41, 5.74) is 1.20. The van der Waals surface area contributed by atoms with Gasteiger partial charge in [-0.15, -0.1) is 15.3 Å². The second-order valence-corrected chi connectivity index (χ2v) is 7.75. The molecule has 162 valence electrons. The number of piperidine rings is 1. The molecule has 1 amide bonds. The summed E-state index contributed by atoms with van der Waals surface area (Å²) in [5.74, 6) is 2.89. The molecule has 10 heteroatoms. The Bertz CT molecular complexity index is 1150. The van der Waals surface area contributed by atoms with Crippen LogP contribution in [0.5, 0.6) is 17.2 Å². The average Bonchev–Trinajstić information content (AvgIpc) is 3.17. The van der Waals surface area contributed by atoms with E-state index < -0.39 is 0 Å². The van der Waals surface area contributed by atoms with E-state index in [1.807, 2.05) is 24.0 Å². The number of aryl methyl sites for hydroxylation is 1. The van der Waals surface area contributed by atoms with E-state index in [4.69, 9.17) is 14.2 Å². The predicted molar refractivity (Wildman–Crippen MR) is 112 cm³/mol. The Kier molecular flexibility index (Phi) is 4.57. The number of rotatable bonds is 5. The third-order valence-electron chi connectivity index (χ3n) is 6.09. The summed E-state index contributed by atoms with van der Waals surface area (Å²) in [5, 5.41) is 12.8. The third kappa shape index (κ3) is 2.93. The Balaban J connectivity index is 1.38. The Labute approximate surface area is 179 Å². The van der Waals surface area contributed by atoms with Crippen LogP contribution in [0, 0.1) is 6.92 Å². The van der Waals surface area contributed by atoms with Gasteiger partial charge in [-0.25, -0.2) is 0 Å². The van der Waals surface area contributed by atoms with E-state index in [0.717, 1.165) is 36.8 Å². The topological polar surface area (TPSA) is 94.3 Å². The number of amides is 1. The number of benzene rings is 1. The van der Waals surface area contributed by atoms with Gasteiger partial charge >= 0.3 is 0 Å². The molecule has 3 fully saturated rings. The van der Waals surface area contributed by atoms with Gasteiger partial charge in [0.05, 0.1) is 39.0 Å². The number of fused-ring (bicyclic) bond motifs is 3. The highest BCUT2D eigenvalue weighted by molar-refractivity contribution is 5.99. The third-order valence-corrected chi connectivity index (χ3v) is 6.09. The zero-order valence-electron chi connectivity index (χ0n) is 17.9. The smallest absolute Gasteiger partial charge is 0.258 e. The number of aromatic nitrogens is 4. The van der Waals surface area contributed by atoms with Crippen LogP contribution in [0.2, 0.25) is 0 Å². The van der Waals surface area contributed by atoms with E-state index in [9.17, 15) is 4.79 Å². The molecule has 0 N–H and O–H groups in total. The second kappa shape index (κ2) is 7.29. The monoisotopic (exact) mass is 424 g/mol. The first-order chi connectivity index (χ1) is 15.0. The molecule has 10 nitrogen and oxygen atoms in total. The minimum atomic E-state index is -0.0585. The van der Waals surface area contributed by atoms with E-state index in [0.29, 0.717) is 22.8 Å². The number of carbonyl (C=O) groups excluding carboxylic acids is 1. The summed E-state index contributed by atoms with van der Waals surface area (Å²) in [6.07, 6.45) is 0.978. The lowest BCUT2D eigenvalue weighted by Gasteiger charge is -2.56. The summed E-state index contributed by atoms with van der Waals surface area (Å²) in [4.78, 5) is 17.6. The van der Waals surface area contributed by atoms with Crippen LogP contribution in [0.25, 0.3) is 5.65 Å². The Morgan fingerprint density at radius 3 is 2.39 bits per heavy atom. The fraction of sp³-hybridized carbons (Fsp3) is 0.429. The maximum atomic E-state index is 13.4. The van der Waals surface area contributed by atoms with Crippen molar-refractivity contribution in [3.63, 3.8) is 0 Å². The molecule has 2 unspecified atom stereocenters. The van der Waals surface area contributed by atoms with Gasteiger partial charge < -0.3 is 24.0 Å². The zero-order valence-corrected chi connectivity index (χ0v) is 17.9. The molecular weight excluding hydrogens is 400 g/mol. The number of methoxy groups -OCH3 is 3. The number of carbonyl (C=O) groups is 1. The van der Waals surface area contributed by atoms with Gasteiger partial charge in [-0.2, -0.15) is 4.52 Å². The van der Waals surface area contributed by atoms with Crippen molar-refractivity contribution < 1.29 is 19.0 Å². The van der Waals surface area contributed by atoms with Crippen LogP contribution in [0.1, 0.15) is 22.6 Å². The van der Waals surface area contributed by atoms with E-state index in [2.05, 4.69) is 20.2 Å². The van der Waals surface area contributed by atoms with Gasteiger partial charge in [-0.1, -0.05) is 0 Å². The van der Waals surface area contributed by atoms with E-state index >= 15 is 0 Å². The lowest BCUT2D eigenvalue weighted by molar-refractivity contribution is 0.00544. The fourth-order valence-electron chi connectivity index (χ4n) is 4.59. The lowest BCUT2D eigenvalue weighted by Crippen LogP contribution is -2.70. The number of nitrogens with zero attached hydrogens (tertiary/aromatic N) is 6. The highest BCUT2D eigenvalue weighted by atomic mass is 16.5. The molecule has 3 aliphatic rings.